The van der Waals surface area contributed by atoms with Crippen molar-refractivity contribution >= 4 is 23.2 Å². The molecule has 0 fully saturated rings. The van der Waals surface area contributed by atoms with Gasteiger partial charge in [-0.1, -0.05) is 13.8 Å². The summed E-state index contributed by atoms with van der Waals surface area (Å²) in [6.45, 7) is 4.49. The van der Waals surface area contributed by atoms with Crippen LogP contribution in [0.4, 0.5) is 17.3 Å². The molecule has 1 amide bonds. The lowest BCUT2D eigenvalue weighted by molar-refractivity contribution is -0.384. The number of nitrogen functional groups attached to an aromatic ring is 1. The van der Waals surface area contributed by atoms with Gasteiger partial charge in [0.15, 0.2) is 0 Å². The number of aromatic nitrogens is 1. The summed E-state index contributed by atoms with van der Waals surface area (Å²) in [7, 11) is 0. The number of primary amides is 1. The molecule has 0 atom stereocenters. The maximum absolute atomic E-state index is 11.0. The Morgan fingerprint density at radius 2 is 2.16 bits per heavy atom. The van der Waals surface area contributed by atoms with Crippen LogP contribution in [0.15, 0.2) is 12.1 Å². The average molecular weight is 267 g/mol. The van der Waals surface area contributed by atoms with Crippen molar-refractivity contribution in [2.24, 2.45) is 11.7 Å². The number of anilines is 2. The molecule has 19 heavy (non-hydrogen) atoms. The van der Waals surface area contributed by atoms with E-state index in [9.17, 15) is 14.9 Å². The van der Waals surface area contributed by atoms with Crippen LogP contribution in [0.3, 0.4) is 0 Å². The molecule has 0 spiro atoms. The molecule has 1 rings (SSSR count). The Hall–Kier alpha value is -2.38. The number of nitrogens with zero attached hydrogens (tertiary/aromatic N) is 3. The Kier molecular flexibility index (Phi) is 4.62. The van der Waals surface area contributed by atoms with Gasteiger partial charge >= 0.3 is 5.69 Å². The lowest BCUT2D eigenvalue weighted by atomic mass is 10.2. The van der Waals surface area contributed by atoms with Crippen molar-refractivity contribution in [3.8, 4) is 0 Å². The second-order valence-corrected chi connectivity index (χ2v) is 4.57. The van der Waals surface area contributed by atoms with Crippen LogP contribution in [0.25, 0.3) is 0 Å². The monoisotopic (exact) mass is 267 g/mol. The molecule has 0 unspecified atom stereocenters. The van der Waals surface area contributed by atoms with E-state index >= 15 is 0 Å². The molecule has 1 aromatic rings. The van der Waals surface area contributed by atoms with Gasteiger partial charge in [-0.05, 0) is 12.0 Å². The van der Waals surface area contributed by atoms with Crippen LogP contribution in [0.1, 0.15) is 13.8 Å². The minimum Gasteiger partial charge on any atom is -0.378 e. The SMILES string of the molecule is CC(C)CN(CC(N)=O)c1ccc([N+](=O)[O-])c(N)n1. The van der Waals surface area contributed by atoms with Crippen LogP contribution >= 0.6 is 0 Å². The highest BCUT2D eigenvalue weighted by Crippen LogP contribution is 2.23. The highest BCUT2D eigenvalue weighted by molar-refractivity contribution is 5.79. The van der Waals surface area contributed by atoms with Gasteiger partial charge in [-0.15, -0.1) is 0 Å². The van der Waals surface area contributed by atoms with Crippen molar-refractivity contribution in [1.29, 1.82) is 0 Å². The summed E-state index contributed by atoms with van der Waals surface area (Å²) in [5.41, 5.74) is 10.4. The number of hydrogen-bond acceptors (Lipinski definition) is 6. The molecule has 0 bridgehead atoms. The molecule has 1 aromatic heterocycles. The summed E-state index contributed by atoms with van der Waals surface area (Å²) in [5, 5.41) is 10.7. The zero-order valence-electron chi connectivity index (χ0n) is 10.9. The molecule has 0 aliphatic carbocycles. The summed E-state index contributed by atoms with van der Waals surface area (Å²) in [5.74, 6) is -0.00623. The number of amides is 1. The summed E-state index contributed by atoms with van der Waals surface area (Å²) in [4.78, 5) is 26.7. The number of hydrogen-bond donors (Lipinski definition) is 2. The molecule has 4 N–H and O–H groups in total. The van der Waals surface area contributed by atoms with E-state index in [0.717, 1.165) is 0 Å². The topological polar surface area (TPSA) is 128 Å². The highest BCUT2D eigenvalue weighted by Gasteiger charge is 2.17. The first-order chi connectivity index (χ1) is 8.81. The fourth-order valence-electron chi connectivity index (χ4n) is 1.66. The van der Waals surface area contributed by atoms with Gasteiger partial charge in [0, 0.05) is 12.6 Å². The van der Waals surface area contributed by atoms with Gasteiger partial charge in [0.1, 0.15) is 5.82 Å². The van der Waals surface area contributed by atoms with Crippen LogP contribution in [0.5, 0.6) is 0 Å². The lowest BCUT2D eigenvalue weighted by Crippen LogP contribution is -2.36. The normalized spacial score (nSPS) is 10.5. The van der Waals surface area contributed by atoms with E-state index in [4.69, 9.17) is 11.5 Å². The first-order valence-electron chi connectivity index (χ1n) is 5.75. The number of nitrogens with two attached hydrogens (primary N) is 2. The van der Waals surface area contributed by atoms with E-state index in [0.29, 0.717) is 12.4 Å². The molecule has 0 aromatic carbocycles. The van der Waals surface area contributed by atoms with Crippen LogP contribution in [0, 0.1) is 16.0 Å². The molecule has 0 aliphatic heterocycles. The average Bonchev–Trinajstić information content (AvgIpc) is 2.26. The number of pyridine rings is 1. The Labute approximate surface area is 110 Å². The van der Waals surface area contributed by atoms with Crippen molar-refractivity contribution in [3.05, 3.63) is 22.2 Å². The summed E-state index contributed by atoms with van der Waals surface area (Å²) in [6, 6.07) is 2.73. The zero-order chi connectivity index (χ0) is 14.6. The van der Waals surface area contributed by atoms with Gasteiger partial charge in [-0.3, -0.25) is 14.9 Å². The molecule has 104 valence electrons. The third-order valence-electron chi connectivity index (χ3n) is 2.34. The number of nitro groups is 1. The van der Waals surface area contributed by atoms with Crippen molar-refractivity contribution in [1.82, 2.24) is 4.98 Å². The van der Waals surface area contributed by atoms with Gasteiger partial charge in [-0.25, -0.2) is 4.98 Å². The van der Waals surface area contributed by atoms with Crippen LogP contribution < -0.4 is 16.4 Å². The Balaban J connectivity index is 3.05. The molecule has 8 nitrogen and oxygen atoms in total. The molecule has 8 heteroatoms. The van der Waals surface area contributed by atoms with Crippen LogP contribution in [-0.2, 0) is 4.79 Å². The molecule has 0 radical (unpaired) electrons. The second-order valence-electron chi connectivity index (χ2n) is 4.57. The number of rotatable bonds is 6. The molecular formula is C11H17N5O3. The Morgan fingerprint density at radius 3 is 2.58 bits per heavy atom. The molecular weight excluding hydrogens is 250 g/mol. The maximum atomic E-state index is 11.0. The first-order valence-corrected chi connectivity index (χ1v) is 5.75. The number of carbonyl (C=O) groups is 1. The molecule has 1 heterocycles. The predicted octanol–water partition coefficient (Wildman–Crippen LogP) is 0.520. The summed E-state index contributed by atoms with van der Waals surface area (Å²) >= 11 is 0. The third-order valence-corrected chi connectivity index (χ3v) is 2.34. The smallest absolute Gasteiger partial charge is 0.311 e. The predicted molar refractivity (Wildman–Crippen MR) is 71.5 cm³/mol. The van der Waals surface area contributed by atoms with Gasteiger partial charge < -0.3 is 16.4 Å². The van der Waals surface area contributed by atoms with Crippen molar-refractivity contribution < 1.29 is 9.72 Å². The second kappa shape index (κ2) is 5.98. The van der Waals surface area contributed by atoms with Gasteiger partial charge in [-0.2, -0.15) is 0 Å². The fourth-order valence-corrected chi connectivity index (χ4v) is 1.66. The molecule has 0 saturated heterocycles. The first kappa shape index (κ1) is 14.7. The van der Waals surface area contributed by atoms with E-state index in [1.165, 1.54) is 12.1 Å². The van der Waals surface area contributed by atoms with Crippen molar-refractivity contribution in [3.63, 3.8) is 0 Å². The molecule has 0 aliphatic rings. The van der Waals surface area contributed by atoms with Gasteiger partial charge in [0.25, 0.3) is 0 Å². The van der Waals surface area contributed by atoms with Gasteiger partial charge in [0.2, 0.25) is 11.7 Å². The highest BCUT2D eigenvalue weighted by atomic mass is 16.6. The van der Waals surface area contributed by atoms with E-state index < -0.39 is 10.8 Å². The largest absolute Gasteiger partial charge is 0.378 e. The van der Waals surface area contributed by atoms with E-state index in [1.807, 2.05) is 13.8 Å². The van der Waals surface area contributed by atoms with E-state index in [-0.39, 0.29) is 24.0 Å². The third kappa shape index (κ3) is 4.09. The van der Waals surface area contributed by atoms with E-state index in [2.05, 4.69) is 4.98 Å². The minimum absolute atomic E-state index is 0.0115. The quantitative estimate of drug-likeness (QED) is 0.571. The van der Waals surface area contributed by atoms with E-state index in [1.54, 1.807) is 4.90 Å². The van der Waals surface area contributed by atoms with Crippen LogP contribution in [0.2, 0.25) is 0 Å². The van der Waals surface area contributed by atoms with Crippen molar-refractivity contribution in [2.75, 3.05) is 23.7 Å². The maximum Gasteiger partial charge on any atom is 0.311 e. The number of carbonyl (C=O) groups excluding carboxylic acids is 1. The summed E-state index contributed by atoms with van der Waals surface area (Å²) < 4.78 is 0. The fraction of sp³-hybridized carbons (Fsp3) is 0.455. The minimum atomic E-state index is -0.604. The zero-order valence-corrected chi connectivity index (χ0v) is 10.9. The Morgan fingerprint density at radius 1 is 1.53 bits per heavy atom. The molecule has 0 saturated carbocycles. The van der Waals surface area contributed by atoms with Gasteiger partial charge in [0.05, 0.1) is 11.5 Å². The van der Waals surface area contributed by atoms with Crippen LogP contribution in [-0.4, -0.2) is 28.9 Å². The lowest BCUT2D eigenvalue weighted by Gasteiger charge is -2.24. The Bertz CT molecular complexity index is 489. The van der Waals surface area contributed by atoms with Crippen molar-refractivity contribution in [2.45, 2.75) is 13.8 Å². The standard InChI is InChI=1S/C11H17N5O3/c1-7(2)5-15(6-9(12)17)10-4-3-8(16(18)19)11(13)14-10/h3-4,7H,5-6H2,1-2H3,(H2,12,17)(H2,13,14). The summed E-state index contributed by atoms with van der Waals surface area (Å²) in [6.07, 6.45) is 0.